The van der Waals surface area contributed by atoms with E-state index in [0.29, 0.717) is 12.5 Å². The molecule has 0 spiro atoms. The van der Waals surface area contributed by atoms with Crippen LogP contribution in [0.5, 0.6) is 0 Å². The van der Waals surface area contributed by atoms with Gasteiger partial charge in [0.15, 0.2) is 5.72 Å². The van der Waals surface area contributed by atoms with Crippen LogP contribution in [0.25, 0.3) is 0 Å². The maximum absolute atomic E-state index is 6.10. The number of anilines is 1. The summed E-state index contributed by atoms with van der Waals surface area (Å²) in [5.74, 6) is 0.318. The third kappa shape index (κ3) is 3.49. The highest BCUT2D eigenvalue weighted by molar-refractivity contribution is 5.26. The summed E-state index contributed by atoms with van der Waals surface area (Å²) in [7, 11) is 1.74. The standard InChI is InChI=1S/C20H25N7O/c1-28-20(16-10-6-3-7-11-16)18(22-13-15-8-4-2-5-9-15)12-17(14-23-20)27-19(21)24-25-26-27/h2-11,17-18,22-23H,12-14H2,1H3,(H2,21,24,26)/t17?,18-,20-/m0/s1. The Kier molecular flexibility index (Phi) is 5.34. The minimum Gasteiger partial charge on any atom is -0.367 e. The zero-order valence-corrected chi connectivity index (χ0v) is 15.8. The number of tetrazole rings is 1. The highest BCUT2D eigenvalue weighted by Gasteiger charge is 2.46. The van der Waals surface area contributed by atoms with Crippen molar-refractivity contribution in [3.63, 3.8) is 0 Å². The van der Waals surface area contributed by atoms with Crippen LogP contribution in [0.3, 0.4) is 0 Å². The van der Waals surface area contributed by atoms with Crippen LogP contribution < -0.4 is 16.4 Å². The van der Waals surface area contributed by atoms with Crippen molar-refractivity contribution >= 4 is 5.95 Å². The van der Waals surface area contributed by atoms with Crippen LogP contribution in [0, 0.1) is 0 Å². The summed E-state index contributed by atoms with van der Waals surface area (Å²) in [6.45, 7) is 1.37. The second-order valence-corrected chi connectivity index (χ2v) is 6.98. The van der Waals surface area contributed by atoms with Crippen molar-refractivity contribution in [2.75, 3.05) is 19.4 Å². The number of methoxy groups -OCH3 is 1. The van der Waals surface area contributed by atoms with E-state index >= 15 is 0 Å². The maximum Gasteiger partial charge on any atom is 0.240 e. The molecule has 0 saturated carbocycles. The number of ether oxygens (including phenoxy) is 1. The summed E-state index contributed by atoms with van der Waals surface area (Å²) in [5.41, 5.74) is 7.57. The molecule has 2 aromatic carbocycles. The first kappa shape index (κ1) is 18.5. The van der Waals surface area contributed by atoms with Crippen LogP contribution in [0.2, 0.25) is 0 Å². The van der Waals surface area contributed by atoms with E-state index in [1.807, 2.05) is 36.4 Å². The van der Waals surface area contributed by atoms with E-state index < -0.39 is 5.72 Å². The third-order valence-electron chi connectivity index (χ3n) is 5.38. The van der Waals surface area contributed by atoms with Crippen LogP contribution >= 0.6 is 0 Å². The number of nitrogens with zero attached hydrogens (tertiary/aromatic N) is 4. The monoisotopic (exact) mass is 379 g/mol. The summed E-state index contributed by atoms with van der Waals surface area (Å²) in [6.07, 6.45) is 0.762. The number of hydrogen-bond donors (Lipinski definition) is 3. The number of benzene rings is 2. The molecule has 0 aliphatic carbocycles. The fourth-order valence-electron chi connectivity index (χ4n) is 3.95. The molecule has 146 valence electrons. The zero-order valence-electron chi connectivity index (χ0n) is 15.8. The lowest BCUT2D eigenvalue weighted by atomic mass is 9.85. The fourth-order valence-corrected chi connectivity index (χ4v) is 3.95. The van der Waals surface area contributed by atoms with Gasteiger partial charge in [0.25, 0.3) is 0 Å². The molecular weight excluding hydrogens is 354 g/mol. The average Bonchev–Trinajstić information content (AvgIpc) is 3.19. The van der Waals surface area contributed by atoms with E-state index in [4.69, 9.17) is 10.5 Å². The van der Waals surface area contributed by atoms with Gasteiger partial charge in [-0.3, -0.25) is 5.32 Å². The van der Waals surface area contributed by atoms with Crippen molar-refractivity contribution in [2.24, 2.45) is 0 Å². The van der Waals surface area contributed by atoms with Crippen LogP contribution in [0.4, 0.5) is 5.95 Å². The summed E-state index contributed by atoms with van der Waals surface area (Å²) >= 11 is 0. The molecule has 28 heavy (non-hydrogen) atoms. The van der Waals surface area contributed by atoms with Crippen molar-refractivity contribution in [3.05, 3.63) is 71.8 Å². The first-order chi connectivity index (χ1) is 13.7. The number of nitrogen functional groups attached to an aromatic ring is 1. The van der Waals surface area contributed by atoms with Gasteiger partial charge in [0.05, 0.1) is 12.1 Å². The predicted octanol–water partition coefficient (Wildman–Crippen LogP) is 1.45. The van der Waals surface area contributed by atoms with Crippen molar-refractivity contribution in [2.45, 2.75) is 30.8 Å². The predicted molar refractivity (Wildman–Crippen MR) is 106 cm³/mol. The van der Waals surface area contributed by atoms with Gasteiger partial charge >= 0.3 is 0 Å². The lowest BCUT2D eigenvalue weighted by Gasteiger charge is -2.47. The number of nitrogens with two attached hydrogens (primary N) is 1. The van der Waals surface area contributed by atoms with Gasteiger partial charge in [-0.1, -0.05) is 65.8 Å². The zero-order chi connectivity index (χ0) is 19.4. The topological polar surface area (TPSA) is 103 Å². The number of aromatic nitrogens is 4. The fraction of sp³-hybridized carbons (Fsp3) is 0.350. The lowest BCUT2D eigenvalue weighted by Crippen LogP contribution is -2.63. The molecule has 3 atom stereocenters. The van der Waals surface area contributed by atoms with E-state index in [1.165, 1.54) is 5.56 Å². The molecule has 1 fully saturated rings. The van der Waals surface area contributed by atoms with Crippen molar-refractivity contribution in [1.82, 2.24) is 30.8 Å². The molecule has 2 heterocycles. The third-order valence-corrected chi connectivity index (χ3v) is 5.38. The maximum atomic E-state index is 6.10. The Balaban J connectivity index is 1.63. The first-order valence-corrected chi connectivity index (χ1v) is 9.39. The van der Waals surface area contributed by atoms with Gasteiger partial charge in [0, 0.05) is 25.8 Å². The summed E-state index contributed by atoms with van der Waals surface area (Å²) < 4.78 is 7.77. The van der Waals surface area contributed by atoms with Crippen LogP contribution in [0.1, 0.15) is 23.6 Å². The molecule has 0 bridgehead atoms. The van der Waals surface area contributed by atoms with Gasteiger partial charge < -0.3 is 15.8 Å². The smallest absolute Gasteiger partial charge is 0.240 e. The molecular formula is C20H25N7O. The molecule has 0 radical (unpaired) electrons. The quantitative estimate of drug-likeness (QED) is 0.596. The van der Waals surface area contributed by atoms with Crippen molar-refractivity contribution in [3.8, 4) is 0 Å². The number of piperidine rings is 1. The van der Waals surface area contributed by atoms with Crippen LogP contribution in [-0.4, -0.2) is 39.9 Å². The second-order valence-electron chi connectivity index (χ2n) is 6.98. The van der Waals surface area contributed by atoms with E-state index in [2.05, 4.69) is 50.4 Å². The summed E-state index contributed by atoms with van der Waals surface area (Å²) in [4.78, 5) is 0. The molecule has 1 aliphatic heterocycles. The average molecular weight is 379 g/mol. The molecule has 1 aromatic heterocycles. The molecule has 3 aromatic rings. The normalized spacial score (nSPS) is 24.9. The largest absolute Gasteiger partial charge is 0.367 e. The van der Waals surface area contributed by atoms with E-state index in [-0.39, 0.29) is 12.1 Å². The molecule has 1 unspecified atom stereocenters. The number of nitrogens with one attached hydrogen (secondary N) is 2. The molecule has 8 nitrogen and oxygen atoms in total. The molecule has 1 saturated heterocycles. The molecule has 1 aliphatic rings. The molecule has 4 N–H and O–H groups in total. The van der Waals surface area contributed by atoms with Gasteiger partial charge in [0.2, 0.25) is 5.95 Å². The Labute approximate surface area is 164 Å². The van der Waals surface area contributed by atoms with E-state index in [9.17, 15) is 0 Å². The second kappa shape index (κ2) is 8.05. The highest BCUT2D eigenvalue weighted by Crippen LogP contribution is 2.35. The van der Waals surface area contributed by atoms with Gasteiger partial charge in [0.1, 0.15) is 0 Å². The Hall–Kier alpha value is -2.81. The first-order valence-electron chi connectivity index (χ1n) is 9.39. The highest BCUT2D eigenvalue weighted by atomic mass is 16.5. The Morgan fingerprint density at radius 3 is 2.54 bits per heavy atom. The van der Waals surface area contributed by atoms with Crippen molar-refractivity contribution < 1.29 is 4.74 Å². The van der Waals surface area contributed by atoms with E-state index in [1.54, 1.807) is 11.8 Å². The SMILES string of the molecule is CO[C@]1(c2ccccc2)NCC(n2nnnc2N)C[C@@H]1NCc1ccccc1. The van der Waals surface area contributed by atoms with Crippen LogP contribution in [-0.2, 0) is 17.0 Å². The Bertz CT molecular complexity index is 886. The number of rotatable bonds is 6. The van der Waals surface area contributed by atoms with Crippen molar-refractivity contribution in [1.29, 1.82) is 0 Å². The number of hydrogen-bond acceptors (Lipinski definition) is 7. The van der Waals surface area contributed by atoms with Gasteiger partial charge in [-0.05, 0) is 22.4 Å². The Morgan fingerprint density at radius 1 is 1.18 bits per heavy atom. The van der Waals surface area contributed by atoms with Crippen LogP contribution in [0.15, 0.2) is 60.7 Å². The molecule has 8 heteroatoms. The summed E-state index contributed by atoms with van der Waals surface area (Å²) in [6, 6.07) is 20.5. The lowest BCUT2D eigenvalue weighted by molar-refractivity contribution is -0.0987. The Morgan fingerprint density at radius 2 is 1.89 bits per heavy atom. The molecule has 0 amide bonds. The van der Waals surface area contributed by atoms with Gasteiger partial charge in [-0.2, -0.15) is 0 Å². The molecule has 4 rings (SSSR count). The minimum absolute atomic E-state index is 0.0234. The van der Waals surface area contributed by atoms with Gasteiger partial charge in [-0.25, -0.2) is 4.68 Å². The van der Waals surface area contributed by atoms with Gasteiger partial charge in [-0.15, -0.1) is 0 Å². The van der Waals surface area contributed by atoms with E-state index in [0.717, 1.165) is 18.5 Å². The summed E-state index contributed by atoms with van der Waals surface area (Å²) in [5, 5.41) is 18.8. The minimum atomic E-state index is -0.657.